The van der Waals surface area contributed by atoms with E-state index in [9.17, 15) is 4.79 Å². The van der Waals surface area contributed by atoms with Crippen molar-refractivity contribution in [2.24, 2.45) is 0 Å². The summed E-state index contributed by atoms with van der Waals surface area (Å²) in [5, 5.41) is 0.853. The number of rotatable bonds is 4. The smallest absolute Gasteiger partial charge is 0.198 e. The molecule has 0 heterocycles. The second-order valence-electron chi connectivity index (χ2n) is 4.39. The van der Waals surface area contributed by atoms with Gasteiger partial charge in [0.15, 0.2) is 5.78 Å². The molecule has 0 fully saturated rings. The standard InChI is InChI=1S/C16H14Cl2O2/c1-3-20-15-7-4-10(2)8-13(15)16(19)12-9-11(17)5-6-14(12)18/h4-9H,3H2,1-2H3. The van der Waals surface area contributed by atoms with Gasteiger partial charge in [0.1, 0.15) is 5.75 Å². The number of aryl methyl sites for hydroxylation is 1. The highest BCUT2D eigenvalue weighted by Crippen LogP contribution is 2.28. The van der Waals surface area contributed by atoms with Gasteiger partial charge in [-0.25, -0.2) is 0 Å². The van der Waals surface area contributed by atoms with Gasteiger partial charge in [-0.05, 0) is 44.2 Å². The van der Waals surface area contributed by atoms with Crippen molar-refractivity contribution < 1.29 is 9.53 Å². The van der Waals surface area contributed by atoms with Crippen molar-refractivity contribution in [2.45, 2.75) is 13.8 Å². The summed E-state index contributed by atoms with van der Waals surface area (Å²) in [6, 6.07) is 10.3. The fraction of sp³-hybridized carbons (Fsp3) is 0.188. The molecule has 0 aliphatic heterocycles. The van der Waals surface area contributed by atoms with Gasteiger partial charge < -0.3 is 4.74 Å². The Labute approximate surface area is 128 Å². The zero-order valence-corrected chi connectivity index (χ0v) is 12.8. The minimum atomic E-state index is -0.190. The maximum atomic E-state index is 12.6. The molecule has 0 amide bonds. The van der Waals surface area contributed by atoms with Crippen molar-refractivity contribution in [3.8, 4) is 5.75 Å². The summed E-state index contributed by atoms with van der Waals surface area (Å²) in [5.41, 5.74) is 1.86. The molecule has 0 radical (unpaired) electrons. The van der Waals surface area contributed by atoms with Gasteiger partial charge in [-0.3, -0.25) is 4.79 Å². The minimum Gasteiger partial charge on any atom is -0.493 e. The molecule has 0 N–H and O–H groups in total. The first-order valence-electron chi connectivity index (χ1n) is 6.26. The van der Waals surface area contributed by atoms with Crippen LogP contribution in [0.2, 0.25) is 10.0 Å². The van der Waals surface area contributed by atoms with E-state index >= 15 is 0 Å². The molecule has 2 aromatic rings. The SMILES string of the molecule is CCOc1ccc(C)cc1C(=O)c1cc(Cl)ccc1Cl. The summed E-state index contributed by atoms with van der Waals surface area (Å²) in [6.45, 7) is 4.29. The van der Waals surface area contributed by atoms with Crippen molar-refractivity contribution >= 4 is 29.0 Å². The lowest BCUT2D eigenvalue weighted by atomic mass is 10.0. The number of carbonyl (C=O) groups is 1. The average molecular weight is 309 g/mol. The molecule has 2 rings (SSSR count). The molecule has 0 unspecified atom stereocenters. The Morgan fingerprint density at radius 2 is 1.85 bits per heavy atom. The Morgan fingerprint density at radius 1 is 1.10 bits per heavy atom. The van der Waals surface area contributed by atoms with Crippen LogP contribution in [-0.2, 0) is 0 Å². The van der Waals surface area contributed by atoms with E-state index in [-0.39, 0.29) is 5.78 Å². The maximum absolute atomic E-state index is 12.6. The van der Waals surface area contributed by atoms with E-state index in [1.165, 1.54) is 0 Å². The van der Waals surface area contributed by atoms with E-state index in [0.717, 1.165) is 5.56 Å². The minimum absolute atomic E-state index is 0.190. The van der Waals surface area contributed by atoms with Crippen molar-refractivity contribution in [3.63, 3.8) is 0 Å². The van der Waals surface area contributed by atoms with Gasteiger partial charge in [-0.15, -0.1) is 0 Å². The summed E-state index contributed by atoms with van der Waals surface area (Å²) in [5.74, 6) is 0.365. The van der Waals surface area contributed by atoms with Gasteiger partial charge in [0.05, 0.1) is 17.2 Å². The molecule has 2 aromatic carbocycles. The van der Waals surface area contributed by atoms with Gasteiger partial charge in [0.2, 0.25) is 0 Å². The molecule has 0 aromatic heterocycles. The summed E-state index contributed by atoms with van der Waals surface area (Å²) in [4.78, 5) is 12.6. The van der Waals surface area contributed by atoms with Crippen LogP contribution in [0.5, 0.6) is 5.75 Å². The van der Waals surface area contributed by atoms with Gasteiger partial charge in [-0.2, -0.15) is 0 Å². The molecule has 0 aliphatic carbocycles. The number of ketones is 1. The Bertz CT molecular complexity index is 651. The van der Waals surface area contributed by atoms with Crippen LogP contribution in [-0.4, -0.2) is 12.4 Å². The van der Waals surface area contributed by atoms with E-state index in [2.05, 4.69) is 0 Å². The van der Waals surface area contributed by atoms with Gasteiger partial charge >= 0.3 is 0 Å². The Morgan fingerprint density at radius 3 is 2.55 bits per heavy atom. The summed E-state index contributed by atoms with van der Waals surface area (Å²) in [6.07, 6.45) is 0. The number of hydrogen-bond acceptors (Lipinski definition) is 2. The predicted molar refractivity (Wildman–Crippen MR) is 82.2 cm³/mol. The maximum Gasteiger partial charge on any atom is 0.198 e. The van der Waals surface area contributed by atoms with Gasteiger partial charge in [0, 0.05) is 10.6 Å². The fourth-order valence-corrected chi connectivity index (χ4v) is 2.29. The molecular formula is C16H14Cl2O2. The molecule has 0 aliphatic rings. The number of carbonyl (C=O) groups excluding carboxylic acids is 1. The molecular weight excluding hydrogens is 295 g/mol. The second kappa shape index (κ2) is 6.29. The summed E-state index contributed by atoms with van der Waals surface area (Å²) in [7, 11) is 0. The lowest BCUT2D eigenvalue weighted by Crippen LogP contribution is -2.06. The Kier molecular flexibility index (Phi) is 4.69. The highest BCUT2D eigenvalue weighted by atomic mass is 35.5. The number of ether oxygens (including phenoxy) is 1. The molecule has 4 heteroatoms. The molecule has 104 valence electrons. The lowest BCUT2D eigenvalue weighted by molar-refractivity contribution is 0.103. The van der Waals surface area contributed by atoms with Crippen LogP contribution in [0, 0.1) is 6.92 Å². The van der Waals surface area contributed by atoms with Crippen LogP contribution >= 0.6 is 23.2 Å². The number of hydrogen-bond donors (Lipinski definition) is 0. The molecule has 0 saturated carbocycles. The van der Waals surface area contributed by atoms with E-state index in [4.69, 9.17) is 27.9 Å². The summed E-state index contributed by atoms with van der Waals surface area (Å²) >= 11 is 12.0. The van der Waals surface area contributed by atoms with Crippen molar-refractivity contribution in [2.75, 3.05) is 6.61 Å². The van der Waals surface area contributed by atoms with E-state index < -0.39 is 0 Å². The topological polar surface area (TPSA) is 26.3 Å². The van der Waals surface area contributed by atoms with Gasteiger partial charge in [0.25, 0.3) is 0 Å². The summed E-state index contributed by atoms with van der Waals surface area (Å²) < 4.78 is 5.51. The molecule has 2 nitrogen and oxygen atoms in total. The third-order valence-corrected chi connectivity index (χ3v) is 3.42. The van der Waals surface area contributed by atoms with Crippen molar-refractivity contribution in [1.29, 1.82) is 0 Å². The monoisotopic (exact) mass is 308 g/mol. The van der Waals surface area contributed by atoms with Gasteiger partial charge in [-0.1, -0.05) is 34.8 Å². The highest BCUT2D eigenvalue weighted by molar-refractivity contribution is 6.36. The predicted octanol–water partition coefficient (Wildman–Crippen LogP) is 4.93. The Balaban J connectivity index is 2.52. The lowest BCUT2D eigenvalue weighted by Gasteiger charge is -2.11. The quantitative estimate of drug-likeness (QED) is 0.748. The van der Waals surface area contributed by atoms with Crippen molar-refractivity contribution in [3.05, 3.63) is 63.1 Å². The van der Waals surface area contributed by atoms with Crippen LogP contribution < -0.4 is 4.74 Å². The average Bonchev–Trinajstić information content (AvgIpc) is 2.43. The first-order chi connectivity index (χ1) is 9.52. The first kappa shape index (κ1) is 14.9. The number of halogens is 2. The zero-order chi connectivity index (χ0) is 14.7. The first-order valence-corrected chi connectivity index (χ1v) is 7.01. The third-order valence-electron chi connectivity index (χ3n) is 2.85. The molecule has 0 bridgehead atoms. The normalized spacial score (nSPS) is 10.4. The highest BCUT2D eigenvalue weighted by Gasteiger charge is 2.18. The van der Waals surface area contributed by atoms with Crippen LogP contribution in [0.15, 0.2) is 36.4 Å². The zero-order valence-electron chi connectivity index (χ0n) is 11.2. The number of benzene rings is 2. The van der Waals surface area contributed by atoms with Crippen molar-refractivity contribution in [1.82, 2.24) is 0 Å². The second-order valence-corrected chi connectivity index (χ2v) is 5.23. The molecule has 20 heavy (non-hydrogen) atoms. The van der Waals surface area contributed by atoms with Crippen LogP contribution in [0.3, 0.4) is 0 Å². The fourth-order valence-electron chi connectivity index (χ4n) is 1.92. The third kappa shape index (κ3) is 3.14. The van der Waals surface area contributed by atoms with Crippen LogP contribution in [0.1, 0.15) is 28.4 Å². The van der Waals surface area contributed by atoms with Crippen LogP contribution in [0.4, 0.5) is 0 Å². The van der Waals surface area contributed by atoms with Crippen LogP contribution in [0.25, 0.3) is 0 Å². The van der Waals surface area contributed by atoms with E-state index in [0.29, 0.717) is 33.5 Å². The molecule has 0 spiro atoms. The van der Waals surface area contributed by atoms with E-state index in [1.807, 2.05) is 19.9 Å². The largest absolute Gasteiger partial charge is 0.493 e. The Hall–Kier alpha value is -1.51. The molecule has 0 saturated heterocycles. The van der Waals surface area contributed by atoms with E-state index in [1.54, 1.807) is 30.3 Å². The molecule has 0 atom stereocenters.